The highest BCUT2D eigenvalue weighted by Gasteiger charge is 2.58. The molecule has 0 saturated heterocycles. The summed E-state index contributed by atoms with van der Waals surface area (Å²) in [4.78, 5) is 17.7. The molecule has 5 nitrogen and oxygen atoms in total. The number of carbonyl (C=O) groups excluding carboxylic acids is 1. The average Bonchev–Trinajstić information content (AvgIpc) is 3.39. The normalized spacial score (nSPS) is 41.1. The summed E-state index contributed by atoms with van der Waals surface area (Å²) in [5, 5.41) is 8.43. The molecule has 2 heterocycles. The number of halogens is 1. The summed E-state index contributed by atoms with van der Waals surface area (Å²) in [5.74, 6) is 4.58. The smallest absolute Gasteiger partial charge is 0.157 e. The molecule has 0 amide bonds. The lowest BCUT2D eigenvalue weighted by Gasteiger charge is -2.56. The SMILES string of the molecule is CC12CCC3C4CCC(CF)CC4CCC3C1CCC2C(=O)Cn1nnc2ccncc21. The highest BCUT2D eigenvalue weighted by atomic mass is 19.1. The number of Topliss-reactive ketones (excluding diaryl/α,β-unsaturated/α-hetero) is 1. The quantitative estimate of drug-likeness (QED) is 0.654. The Morgan fingerprint density at radius 3 is 2.88 bits per heavy atom. The highest BCUT2D eigenvalue weighted by molar-refractivity contribution is 5.84. The van der Waals surface area contributed by atoms with Gasteiger partial charge in [0.2, 0.25) is 0 Å². The number of alkyl halides is 1. The molecule has 6 heteroatoms. The zero-order valence-corrected chi connectivity index (χ0v) is 19.1. The van der Waals surface area contributed by atoms with Gasteiger partial charge in [-0.1, -0.05) is 12.1 Å². The molecule has 4 aliphatic rings. The Kier molecular flexibility index (Phi) is 5.10. The summed E-state index contributed by atoms with van der Waals surface area (Å²) in [5.41, 5.74) is 1.75. The molecule has 0 spiro atoms. The van der Waals surface area contributed by atoms with Gasteiger partial charge in [-0.05, 0) is 105 Å². The molecule has 0 aliphatic heterocycles. The summed E-state index contributed by atoms with van der Waals surface area (Å²) >= 11 is 0. The molecule has 0 radical (unpaired) electrons. The van der Waals surface area contributed by atoms with Crippen molar-refractivity contribution < 1.29 is 9.18 Å². The molecule has 0 N–H and O–H groups in total. The van der Waals surface area contributed by atoms with E-state index >= 15 is 0 Å². The number of aromatic nitrogens is 4. The van der Waals surface area contributed by atoms with Crippen LogP contribution in [0.1, 0.15) is 64.7 Å². The third kappa shape index (κ3) is 3.15. The predicted molar refractivity (Wildman–Crippen MR) is 120 cm³/mol. The first-order valence-corrected chi connectivity index (χ1v) is 12.8. The number of hydrogen-bond acceptors (Lipinski definition) is 4. The van der Waals surface area contributed by atoms with Crippen LogP contribution in [0.4, 0.5) is 4.39 Å². The van der Waals surface area contributed by atoms with Gasteiger partial charge >= 0.3 is 0 Å². The van der Waals surface area contributed by atoms with E-state index in [0.29, 0.717) is 24.2 Å². The Morgan fingerprint density at radius 2 is 2.00 bits per heavy atom. The largest absolute Gasteiger partial charge is 0.297 e. The summed E-state index contributed by atoms with van der Waals surface area (Å²) < 4.78 is 15.0. The Balaban J connectivity index is 1.19. The summed E-state index contributed by atoms with van der Waals surface area (Å²) in [6.07, 6.45) is 14.1. The van der Waals surface area contributed by atoms with E-state index in [9.17, 15) is 9.18 Å². The van der Waals surface area contributed by atoms with Crippen molar-refractivity contribution in [3.8, 4) is 0 Å². The fourth-order valence-electron chi connectivity index (χ4n) is 8.81. The Bertz CT molecular complexity index is 1010. The first-order chi connectivity index (χ1) is 15.6. The van der Waals surface area contributed by atoms with Crippen LogP contribution < -0.4 is 0 Å². The number of fused-ring (bicyclic) bond motifs is 6. The van der Waals surface area contributed by atoms with Crippen molar-refractivity contribution in [3.63, 3.8) is 0 Å². The van der Waals surface area contributed by atoms with Crippen LogP contribution in [-0.2, 0) is 11.3 Å². The molecular weight excluding hydrogens is 403 g/mol. The van der Waals surface area contributed by atoms with Crippen LogP contribution in [-0.4, -0.2) is 32.4 Å². The second-order valence-corrected chi connectivity index (χ2v) is 11.5. The molecule has 32 heavy (non-hydrogen) atoms. The van der Waals surface area contributed by atoms with Gasteiger partial charge in [-0.2, -0.15) is 0 Å². The van der Waals surface area contributed by atoms with E-state index in [0.717, 1.165) is 54.0 Å². The standard InChI is InChI=1S/C26H35FN4O/c1-26-10-8-19-18-4-2-16(13-27)12-17(18)3-5-20(19)21(26)6-7-22(26)25(32)15-31-24-14-28-11-9-23(24)29-30-31/h9,11,14,16-22H,2-8,10,12-13,15H2,1H3. The summed E-state index contributed by atoms with van der Waals surface area (Å²) in [6.45, 7) is 2.59. The Labute approximate surface area is 189 Å². The van der Waals surface area contributed by atoms with Crippen LogP contribution in [0.15, 0.2) is 18.5 Å². The van der Waals surface area contributed by atoms with Crippen molar-refractivity contribution in [2.45, 2.75) is 71.3 Å². The minimum absolute atomic E-state index is 0.121. The zero-order chi connectivity index (χ0) is 21.9. The van der Waals surface area contributed by atoms with Crippen LogP contribution in [0.5, 0.6) is 0 Å². The van der Waals surface area contributed by atoms with Gasteiger partial charge in [0.05, 0.1) is 12.9 Å². The second kappa shape index (κ2) is 7.88. The van der Waals surface area contributed by atoms with E-state index in [1.54, 1.807) is 17.1 Å². The third-order valence-corrected chi connectivity index (χ3v) is 10.3. The average molecular weight is 439 g/mol. The lowest BCUT2D eigenvalue weighted by Crippen LogP contribution is -2.49. The molecule has 4 saturated carbocycles. The number of carbonyl (C=O) groups is 1. The molecule has 4 fully saturated rings. The van der Waals surface area contributed by atoms with Crippen molar-refractivity contribution >= 4 is 16.8 Å². The molecule has 2 aromatic rings. The maximum atomic E-state index is 13.5. The maximum Gasteiger partial charge on any atom is 0.157 e. The second-order valence-electron chi connectivity index (χ2n) is 11.5. The fourth-order valence-corrected chi connectivity index (χ4v) is 8.81. The van der Waals surface area contributed by atoms with Crippen LogP contribution in [0.2, 0.25) is 0 Å². The van der Waals surface area contributed by atoms with E-state index in [-0.39, 0.29) is 18.0 Å². The predicted octanol–water partition coefficient (Wildman–Crippen LogP) is 5.25. The van der Waals surface area contributed by atoms with E-state index in [2.05, 4.69) is 22.2 Å². The van der Waals surface area contributed by atoms with Gasteiger partial charge < -0.3 is 0 Å². The van der Waals surface area contributed by atoms with Crippen molar-refractivity contribution in [2.75, 3.05) is 6.67 Å². The molecular formula is C26H35FN4O. The molecule has 2 aromatic heterocycles. The molecule has 0 bridgehead atoms. The first-order valence-electron chi connectivity index (χ1n) is 12.8. The lowest BCUT2D eigenvalue weighted by molar-refractivity contribution is -0.131. The zero-order valence-electron chi connectivity index (χ0n) is 19.1. The molecule has 6 rings (SSSR count). The Morgan fingerprint density at radius 1 is 1.12 bits per heavy atom. The van der Waals surface area contributed by atoms with Crippen molar-refractivity contribution in [1.29, 1.82) is 0 Å². The maximum absolute atomic E-state index is 13.5. The van der Waals surface area contributed by atoms with Crippen LogP contribution in [0, 0.1) is 46.8 Å². The number of pyridine rings is 1. The van der Waals surface area contributed by atoms with Gasteiger partial charge in [-0.25, -0.2) is 4.68 Å². The number of nitrogens with zero attached hydrogens (tertiary/aromatic N) is 4. The molecule has 8 atom stereocenters. The first kappa shape index (κ1) is 20.7. The Hall–Kier alpha value is -1.85. The topological polar surface area (TPSA) is 60.7 Å². The summed E-state index contributed by atoms with van der Waals surface area (Å²) in [6, 6.07) is 1.84. The molecule has 172 valence electrons. The fraction of sp³-hybridized carbons (Fsp3) is 0.769. The number of rotatable bonds is 4. The lowest BCUT2D eigenvalue weighted by atomic mass is 9.49. The van der Waals surface area contributed by atoms with Gasteiger partial charge in [0, 0.05) is 12.1 Å². The molecule has 0 aromatic carbocycles. The van der Waals surface area contributed by atoms with Gasteiger partial charge in [0.25, 0.3) is 0 Å². The summed E-state index contributed by atoms with van der Waals surface area (Å²) in [7, 11) is 0. The molecule has 8 unspecified atom stereocenters. The monoisotopic (exact) mass is 438 g/mol. The van der Waals surface area contributed by atoms with E-state index in [1.807, 2.05) is 6.07 Å². The highest BCUT2D eigenvalue weighted by Crippen LogP contribution is 2.64. The van der Waals surface area contributed by atoms with Gasteiger partial charge in [0.1, 0.15) is 17.6 Å². The van der Waals surface area contributed by atoms with Crippen LogP contribution in [0.25, 0.3) is 11.0 Å². The van der Waals surface area contributed by atoms with E-state index < -0.39 is 0 Å². The van der Waals surface area contributed by atoms with Gasteiger partial charge in [-0.3, -0.25) is 14.2 Å². The third-order valence-electron chi connectivity index (χ3n) is 10.3. The number of hydrogen-bond donors (Lipinski definition) is 0. The minimum atomic E-state index is -0.126. The van der Waals surface area contributed by atoms with Gasteiger partial charge in [0.15, 0.2) is 5.78 Å². The van der Waals surface area contributed by atoms with Crippen molar-refractivity contribution in [3.05, 3.63) is 18.5 Å². The van der Waals surface area contributed by atoms with Crippen molar-refractivity contribution in [1.82, 2.24) is 20.0 Å². The van der Waals surface area contributed by atoms with Crippen LogP contribution >= 0.6 is 0 Å². The van der Waals surface area contributed by atoms with Crippen LogP contribution in [0.3, 0.4) is 0 Å². The van der Waals surface area contributed by atoms with Gasteiger partial charge in [-0.15, -0.1) is 5.10 Å². The molecule has 4 aliphatic carbocycles. The van der Waals surface area contributed by atoms with Crippen molar-refractivity contribution in [2.24, 2.45) is 46.8 Å². The van der Waals surface area contributed by atoms with E-state index in [1.165, 1.54) is 38.5 Å². The van der Waals surface area contributed by atoms with E-state index in [4.69, 9.17) is 0 Å². The number of ketones is 1. The minimum Gasteiger partial charge on any atom is -0.297 e.